The summed E-state index contributed by atoms with van der Waals surface area (Å²) in [7, 11) is 0. The summed E-state index contributed by atoms with van der Waals surface area (Å²) in [5.74, 6) is -0.712. The van der Waals surface area contributed by atoms with Crippen molar-refractivity contribution in [1.82, 2.24) is 14.9 Å². The number of rotatable bonds is 5. The lowest BCUT2D eigenvalue weighted by molar-refractivity contribution is 0.0954. The molecule has 32 heavy (non-hydrogen) atoms. The molecular formula is C21H23F2N5O3S. The number of anilines is 2. The molecule has 1 aliphatic heterocycles. The van der Waals surface area contributed by atoms with E-state index >= 15 is 0 Å². The predicted octanol–water partition coefficient (Wildman–Crippen LogP) is 2.61. The maximum absolute atomic E-state index is 14.6. The molecule has 1 saturated heterocycles. The number of piperazine rings is 1. The number of fused-ring (bicyclic) bond motifs is 1. The molecule has 2 aromatic heterocycles. The van der Waals surface area contributed by atoms with Crippen molar-refractivity contribution in [3.8, 4) is 0 Å². The Kier molecular flexibility index (Phi) is 6.49. The fourth-order valence-corrected chi connectivity index (χ4v) is 4.56. The maximum atomic E-state index is 14.6. The van der Waals surface area contributed by atoms with Gasteiger partial charge in [-0.25, -0.2) is 23.5 Å². The summed E-state index contributed by atoms with van der Waals surface area (Å²) in [6.45, 7) is 2.60. The number of nitrogens with one attached hydrogen (secondary N) is 1. The van der Waals surface area contributed by atoms with Gasteiger partial charge in [0.25, 0.3) is 0 Å². The fraction of sp³-hybridized carbons (Fsp3) is 0.381. The van der Waals surface area contributed by atoms with Gasteiger partial charge in [-0.2, -0.15) is 0 Å². The number of urea groups is 1. The highest BCUT2D eigenvalue weighted by atomic mass is 32.1. The molecule has 3 heterocycles. The quantitative estimate of drug-likeness (QED) is 0.538. The van der Waals surface area contributed by atoms with Crippen LogP contribution in [0, 0.1) is 11.6 Å². The summed E-state index contributed by atoms with van der Waals surface area (Å²) in [6.07, 6.45) is 0.638. The van der Waals surface area contributed by atoms with Crippen LogP contribution in [-0.2, 0) is 6.42 Å². The summed E-state index contributed by atoms with van der Waals surface area (Å²) in [6, 6.07) is 5.06. The number of benzene rings is 1. The second-order valence-corrected chi connectivity index (χ2v) is 8.77. The number of aliphatic hydroxyl groups excluding tert-OH is 2. The van der Waals surface area contributed by atoms with E-state index in [1.54, 1.807) is 15.9 Å². The van der Waals surface area contributed by atoms with Crippen LogP contribution in [0.2, 0.25) is 0 Å². The molecule has 11 heteroatoms. The van der Waals surface area contributed by atoms with Crippen molar-refractivity contribution in [2.75, 3.05) is 36.5 Å². The van der Waals surface area contributed by atoms with Gasteiger partial charge in [-0.3, -0.25) is 5.32 Å². The Morgan fingerprint density at radius 3 is 2.88 bits per heavy atom. The average molecular weight is 464 g/mol. The summed E-state index contributed by atoms with van der Waals surface area (Å²) >= 11 is 1.27. The van der Waals surface area contributed by atoms with Crippen molar-refractivity contribution in [1.29, 1.82) is 0 Å². The van der Waals surface area contributed by atoms with Gasteiger partial charge in [0.2, 0.25) is 0 Å². The molecule has 0 unspecified atom stereocenters. The molecule has 0 aliphatic carbocycles. The molecule has 3 N–H and O–H groups in total. The molecule has 4 rings (SSSR count). The minimum Gasteiger partial charge on any atom is -0.394 e. The topological polar surface area (TPSA) is 102 Å². The second kappa shape index (κ2) is 9.31. The molecule has 0 bridgehead atoms. The standard InChI is InChI=1S/C21H23F2N5O3S/c1-12-10-27(19-16(23)7-13(9-24-19)6-15(30)11-29)4-5-28(12)21(31)26-20-25-17-8-14(22)2-3-18(17)32-20/h2-3,7-9,12,15,29-30H,4-6,10-11H2,1H3,(H,25,26,31)/t12-,15+/m0/s1. The zero-order valence-electron chi connectivity index (χ0n) is 17.3. The first-order valence-corrected chi connectivity index (χ1v) is 11.0. The van der Waals surface area contributed by atoms with E-state index in [-0.39, 0.29) is 30.1 Å². The minimum absolute atomic E-state index is 0.115. The summed E-state index contributed by atoms with van der Waals surface area (Å²) in [5.41, 5.74) is 0.981. The highest BCUT2D eigenvalue weighted by Crippen LogP contribution is 2.27. The third kappa shape index (κ3) is 4.79. The van der Waals surface area contributed by atoms with Crippen LogP contribution in [0.4, 0.5) is 24.5 Å². The summed E-state index contributed by atoms with van der Waals surface area (Å²) in [5, 5.41) is 21.6. The first kappa shape index (κ1) is 22.3. The molecule has 170 valence electrons. The molecule has 8 nitrogen and oxygen atoms in total. The van der Waals surface area contributed by atoms with Gasteiger partial charge in [-0.15, -0.1) is 0 Å². The Hall–Kier alpha value is -2.89. The number of halogens is 2. The van der Waals surface area contributed by atoms with E-state index in [4.69, 9.17) is 5.11 Å². The van der Waals surface area contributed by atoms with Gasteiger partial charge in [0.05, 0.1) is 22.9 Å². The number of nitrogens with zero attached hydrogens (tertiary/aromatic N) is 4. The average Bonchev–Trinajstić information content (AvgIpc) is 3.14. The number of hydrogen-bond acceptors (Lipinski definition) is 7. The number of amides is 2. The number of pyridine rings is 1. The molecular weight excluding hydrogens is 440 g/mol. The molecule has 2 atom stereocenters. The number of carbonyl (C=O) groups is 1. The molecule has 0 spiro atoms. The molecule has 0 saturated carbocycles. The highest BCUT2D eigenvalue weighted by molar-refractivity contribution is 7.22. The Morgan fingerprint density at radius 2 is 2.16 bits per heavy atom. The largest absolute Gasteiger partial charge is 0.394 e. The molecule has 3 aromatic rings. The lowest BCUT2D eigenvalue weighted by Gasteiger charge is -2.40. The SMILES string of the molecule is C[C@H]1CN(c2ncc(C[C@@H](O)CO)cc2F)CCN1C(=O)Nc1nc2cc(F)ccc2s1. The van der Waals surface area contributed by atoms with E-state index < -0.39 is 18.5 Å². The predicted molar refractivity (Wildman–Crippen MR) is 118 cm³/mol. The third-order valence-electron chi connectivity index (χ3n) is 5.31. The molecule has 1 aromatic carbocycles. The van der Waals surface area contributed by atoms with E-state index in [2.05, 4.69) is 15.3 Å². The Morgan fingerprint density at radius 1 is 1.34 bits per heavy atom. The Balaban J connectivity index is 1.39. The van der Waals surface area contributed by atoms with Crippen LogP contribution in [0.3, 0.4) is 0 Å². The van der Waals surface area contributed by atoms with E-state index in [0.29, 0.717) is 35.8 Å². The lowest BCUT2D eigenvalue weighted by atomic mass is 10.1. The molecule has 2 amide bonds. The number of thiazole rings is 1. The monoisotopic (exact) mass is 463 g/mol. The van der Waals surface area contributed by atoms with Crippen molar-refractivity contribution >= 4 is 38.5 Å². The maximum Gasteiger partial charge on any atom is 0.324 e. The Bertz CT molecular complexity index is 1130. The normalized spacial score (nSPS) is 17.6. The van der Waals surface area contributed by atoms with E-state index in [1.807, 2.05) is 6.92 Å². The first-order chi connectivity index (χ1) is 15.3. The van der Waals surface area contributed by atoms with Crippen LogP contribution in [0.1, 0.15) is 12.5 Å². The Labute approximate surface area is 187 Å². The van der Waals surface area contributed by atoms with Gasteiger partial charge in [0.15, 0.2) is 16.8 Å². The van der Waals surface area contributed by atoms with Gasteiger partial charge in [0, 0.05) is 44.4 Å². The van der Waals surface area contributed by atoms with Crippen LogP contribution < -0.4 is 10.2 Å². The number of aromatic nitrogens is 2. The number of carbonyl (C=O) groups excluding carboxylic acids is 1. The van der Waals surface area contributed by atoms with Gasteiger partial charge in [0.1, 0.15) is 5.82 Å². The zero-order valence-corrected chi connectivity index (χ0v) is 18.1. The number of aliphatic hydroxyl groups is 2. The van der Waals surface area contributed by atoms with E-state index in [1.165, 1.54) is 35.7 Å². The van der Waals surface area contributed by atoms with Crippen molar-refractivity contribution in [3.05, 3.63) is 47.7 Å². The lowest BCUT2D eigenvalue weighted by Crippen LogP contribution is -2.55. The van der Waals surface area contributed by atoms with Crippen LogP contribution in [-0.4, -0.2) is 69.5 Å². The van der Waals surface area contributed by atoms with Gasteiger partial charge in [-0.05, 0) is 30.7 Å². The van der Waals surface area contributed by atoms with E-state index in [0.717, 1.165) is 4.70 Å². The van der Waals surface area contributed by atoms with E-state index in [9.17, 15) is 18.7 Å². The molecule has 1 fully saturated rings. The zero-order chi connectivity index (χ0) is 22.8. The van der Waals surface area contributed by atoms with Gasteiger partial charge < -0.3 is 20.0 Å². The van der Waals surface area contributed by atoms with Crippen LogP contribution >= 0.6 is 11.3 Å². The third-order valence-corrected chi connectivity index (χ3v) is 6.26. The smallest absolute Gasteiger partial charge is 0.324 e. The minimum atomic E-state index is -0.960. The summed E-state index contributed by atoms with van der Waals surface area (Å²) < 4.78 is 28.7. The van der Waals surface area contributed by atoms with Crippen LogP contribution in [0.5, 0.6) is 0 Å². The van der Waals surface area contributed by atoms with Crippen molar-refractivity contribution < 1.29 is 23.8 Å². The van der Waals surface area contributed by atoms with Gasteiger partial charge >= 0.3 is 6.03 Å². The summed E-state index contributed by atoms with van der Waals surface area (Å²) in [4.78, 5) is 24.6. The molecule has 0 radical (unpaired) electrons. The van der Waals surface area contributed by atoms with Crippen LogP contribution in [0.25, 0.3) is 10.2 Å². The highest BCUT2D eigenvalue weighted by Gasteiger charge is 2.30. The first-order valence-electron chi connectivity index (χ1n) is 10.2. The van der Waals surface area contributed by atoms with Crippen molar-refractivity contribution in [2.24, 2.45) is 0 Å². The number of hydrogen-bond donors (Lipinski definition) is 3. The van der Waals surface area contributed by atoms with Crippen molar-refractivity contribution in [3.63, 3.8) is 0 Å². The van der Waals surface area contributed by atoms with Crippen molar-refractivity contribution in [2.45, 2.75) is 25.5 Å². The fourth-order valence-electron chi connectivity index (χ4n) is 3.72. The van der Waals surface area contributed by atoms with Gasteiger partial charge in [-0.1, -0.05) is 11.3 Å². The molecule has 1 aliphatic rings. The van der Waals surface area contributed by atoms with Crippen LogP contribution in [0.15, 0.2) is 30.5 Å². The second-order valence-electron chi connectivity index (χ2n) is 7.74.